The van der Waals surface area contributed by atoms with Crippen molar-refractivity contribution in [1.29, 1.82) is 5.26 Å². The fourth-order valence-electron chi connectivity index (χ4n) is 3.04. The molecule has 4 rings (SSSR count). The molecule has 0 saturated heterocycles. The van der Waals surface area contributed by atoms with Gasteiger partial charge in [-0.05, 0) is 42.0 Å². The lowest BCUT2D eigenvalue weighted by Gasteiger charge is -2.04. The van der Waals surface area contributed by atoms with Crippen LogP contribution in [0.3, 0.4) is 0 Å². The largest absolute Gasteiger partial charge is 0.326 e. The number of hydrogen-bond acceptors (Lipinski definition) is 5. The molecule has 0 spiro atoms. The molecule has 0 saturated carbocycles. The molecule has 0 atom stereocenters. The van der Waals surface area contributed by atoms with Crippen LogP contribution in [0.25, 0.3) is 10.2 Å². The number of hydrogen-bond donors (Lipinski definition) is 3. The maximum Gasteiger partial charge on any atom is 0.229 e. The molecule has 0 bridgehead atoms. The lowest BCUT2D eigenvalue weighted by molar-refractivity contribution is -0.116. The summed E-state index contributed by atoms with van der Waals surface area (Å²) in [5.74, 6) is -0.385. The molecule has 2 heterocycles. The first-order valence-corrected chi connectivity index (χ1v) is 10.1. The molecule has 154 valence electrons. The Morgan fingerprint density at radius 1 is 1.06 bits per heavy atom. The minimum Gasteiger partial charge on any atom is -0.326 e. The predicted molar refractivity (Wildman–Crippen MR) is 116 cm³/mol. The first-order chi connectivity index (χ1) is 15.0. The van der Waals surface area contributed by atoms with Crippen molar-refractivity contribution in [1.82, 2.24) is 10.2 Å². The van der Waals surface area contributed by atoms with Crippen LogP contribution < -0.4 is 10.6 Å². The van der Waals surface area contributed by atoms with E-state index < -0.39 is 0 Å². The molecule has 0 aliphatic carbocycles. The summed E-state index contributed by atoms with van der Waals surface area (Å²) in [6.07, 6.45) is 0.239. The van der Waals surface area contributed by atoms with Gasteiger partial charge in [0.15, 0.2) is 0 Å². The summed E-state index contributed by atoms with van der Waals surface area (Å²) in [7, 11) is 0. The number of halogens is 1. The molecular weight excluding hydrogens is 417 g/mol. The van der Waals surface area contributed by atoms with E-state index in [4.69, 9.17) is 5.26 Å². The zero-order valence-corrected chi connectivity index (χ0v) is 16.9. The third-order valence-corrected chi connectivity index (χ3v) is 5.48. The second kappa shape index (κ2) is 8.77. The van der Waals surface area contributed by atoms with Gasteiger partial charge in [0, 0.05) is 10.6 Å². The maximum atomic E-state index is 13.0. The molecule has 0 aliphatic rings. The number of nitriles is 1. The quantitative estimate of drug-likeness (QED) is 0.427. The number of rotatable bonds is 6. The lowest BCUT2D eigenvalue weighted by Crippen LogP contribution is -2.15. The summed E-state index contributed by atoms with van der Waals surface area (Å²) in [5, 5.41) is 22.2. The number of nitrogens with zero attached hydrogens (tertiary/aromatic N) is 2. The van der Waals surface area contributed by atoms with Crippen molar-refractivity contribution >= 4 is 44.9 Å². The molecule has 3 N–H and O–H groups in total. The Balaban J connectivity index is 1.41. The fraction of sp³-hybridized carbons (Fsp3) is 0.0909. The van der Waals surface area contributed by atoms with Gasteiger partial charge in [0.05, 0.1) is 29.9 Å². The van der Waals surface area contributed by atoms with Gasteiger partial charge < -0.3 is 10.6 Å². The fourth-order valence-corrected chi connectivity index (χ4v) is 4.03. The van der Waals surface area contributed by atoms with Crippen molar-refractivity contribution in [2.24, 2.45) is 0 Å². The number of carbonyl (C=O) groups excluding carboxylic acids is 2. The number of aromatic nitrogens is 2. The van der Waals surface area contributed by atoms with Crippen LogP contribution >= 0.6 is 11.3 Å². The summed E-state index contributed by atoms with van der Waals surface area (Å²) in [5.41, 5.74) is 1.71. The number of thiophene rings is 1. The number of amides is 2. The van der Waals surface area contributed by atoms with E-state index in [1.54, 1.807) is 36.4 Å². The van der Waals surface area contributed by atoms with Crippen molar-refractivity contribution in [3.8, 4) is 6.07 Å². The summed E-state index contributed by atoms with van der Waals surface area (Å²) >= 11 is 1.35. The van der Waals surface area contributed by atoms with Crippen molar-refractivity contribution < 1.29 is 14.0 Å². The normalized spacial score (nSPS) is 10.6. The molecule has 2 aromatic heterocycles. The average Bonchev–Trinajstić information content (AvgIpc) is 3.31. The Labute approximate surface area is 180 Å². The Bertz CT molecular complexity index is 1300. The molecule has 4 aromatic rings. The minimum atomic E-state index is -0.355. The standard InChI is InChI=1S/C22H16FN5O2S/c23-15-6-4-13(5-7-15)9-19(29)26-21-18-10-17(31-22(18)28-27-21)11-20(30)25-16-3-1-2-14(8-16)12-24/h1-8,10H,9,11H2,(H,25,30)(H2,26,27,28,29). The average molecular weight is 433 g/mol. The van der Waals surface area contributed by atoms with Crippen LogP contribution in [0.15, 0.2) is 54.6 Å². The van der Waals surface area contributed by atoms with Gasteiger partial charge in [-0.3, -0.25) is 14.7 Å². The van der Waals surface area contributed by atoms with Gasteiger partial charge in [-0.25, -0.2) is 4.39 Å². The Morgan fingerprint density at radius 3 is 2.61 bits per heavy atom. The number of nitrogens with one attached hydrogen (secondary N) is 3. The Morgan fingerprint density at radius 2 is 1.84 bits per heavy atom. The third kappa shape index (κ3) is 4.94. The zero-order chi connectivity index (χ0) is 21.8. The van der Waals surface area contributed by atoms with Crippen LogP contribution in [0, 0.1) is 17.1 Å². The summed E-state index contributed by atoms with van der Waals surface area (Å²) < 4.78 is 13.0. The lowest BCUT2D eigenvalue weighted by atomic mass is 10.1. The highest BCUT2D eigenvalue weighted by molar-refractivity contribution is 7.18. The van der Waals surface area contributed by atoms with E-state index in [0.717, 1.165) is 4.88 Å². The molecule has 2 aromatic carbocycles. The predicted octanol–water partition coefficient (Wildman–Crippen LogP) is 4.00. The smallest absolute Gasteiger partial charge is 0.229 e. The maximum absolute atomic E-state index is 13.0. The van der Waals surface area contributed by atoms with E-state index in [1.807, 2.05) is 12.1 Å². The van der Waals surface area contributed by atoms with Crippen LogP contribution in [0.4, 0.5) is 15.9 Å². The second-order valence-electron chi connectivity index (χ2n) is 6.80. The van der Waals surface area contributed by atoms with Crippen molar-refractivity contribution in [2.75, 3.05) is 10.6 Å². The molecule has 9 heteroatoms. The molecule has 2 amide bonds. The van der Waals surface area contributed by atoms with E-state index >= 15 is 0 Å². The van der Waals surface area contributed by atoms with Gasteiger partial charge in [-0.15, -0.1) is 11.3 Å². The number of benzene rings is 2. The van der Waals surface area contributed by atoms with Gasteiger partial charge in [0.25, 0.3) is 0 Å². The molecule has 31 heavy (non-hydrogen) atoms. The highest BCUT2D eigenvalue weighted by Gasteiger charge is 2.15. The highest BCUT2D eigenvalue weighted by Crippen LogP contribution is 2.29. The number of H-pyrrole nitrogens is 1. The van der Waals surface area contributed by atoms with Crippen molar-refractivity contribution in [2.45, 2.75) is 12.8 Å². The van der Waals surface area contributed by atoms with Gasteiger partial charge in [0.1, 0.15) is 16.5 Å². The topological polar surface area (TPSA) is 111 Å². The first kappa shape index (κ1) is 20.3. The Kier molecular flexibility index (Phi) is 5.73. The molecule has 0 radical (unpaired) electrons. The molecule has 7 nitrogen and oxygen atoms in total. The molecular formula is C22H16FN5O2S. The van der Waals surface area contributed by atoms with E-state index in [9.17, 15) is 14.0 Å². The van der Waals surface area contributed by atoms with Gasteiger partial charge in [-0.1, -0.05) is 18.2 Å². The van der Waals surface area contributed by atoms with Crippen LogP contribution in [0.2, 0.25) is 0 Å². The number of aromatic amines is 1. The first-order valence-electron chi connectivity index (χ1n) is 9.31. The Hall–Kier alpha value is -4.03. The highest BCUT2D eigenvalue weighted by atomic mass is 32.1. The molecule has 0 unspecified atom stereocenters. The number of fused-ring (bicyclic) bond motifs is 1. The van der Waals surface area contributed by atoms with Gasteiger partial charge >= 0.3 is 0 Å². The van der Waals surface area contributed by atoms with Crippen LogP contribution in [-0.2, 0) is 22.4 Å². The van der Waals surface area contributed by atoms with Crippen LogP contribution in [0.1, 0.15) is 16.0 Å². The van der Waals surface area contributed by atoms with E-state index in [-0.39, 0.29) is 30.5 Å². The zero-order valence-electron chi connectivity index (χ0n) is 16.1. The van der Waals surface area contributed by atoms with E-state index in [1.165, 1.54) is 23.5 Å². The SMILES string of the molecule is N#Cc1cccc(NC(=O)Cc2cc3c(NC(=O)Cc4ccc(F)cc4)[nH]nc3s2)c1. The molecule has 0 aliphatic heterocycles. The second-order valence-corrected chi connectivity index (χ2v) is 7.91. The van der Waals surface area contributed by atoms with Gasteiger partial charge in [-0.2, -0.15) is 10.4 Å². The summed E-state index contributed by atoms with van der Waals surface area (Å²) in [6, 6.07) is 16.3. The monoisotopic (exact) mass is 433 g/mol. The summed E-state index contributed by atoms with van der Waals surface area (Å²) in [4.78, 5) is 26.1. The third-order valence-electron chi connectivity index (χ3n) is 4.45. The van der Waals surface area contributed by atoms with Crippen LogP contribution in [0.5, 0.6) is 0 Å². The van der Waals surface area contributed by atoms with Crippen molar-refractivity contribution in [3.63, 3.8) is 0 Å². The van der Waals surface area contributed by atoms with Crippen LogP contribution in [-0.4, -0.2) is 22.0 Å². The van der Waals surface area contributed by atoms with E-state index in [0.29, 0.717) is 32.8 Å². The molecule has 0 fully saturated rings. The number of carbonyl (C=O) groups is 2. The minimum absolute atomic E-state index is 0.0992. The van der Waals surface area contributed by atoms with E-state index in [2.05, 4.69) is 20.8 Å². The van der Waals surface area contributed by atoms with Gasteiger partial charge in [0.2, 0.25) is 11.8 Å². The number of anilines is 2. The van der Waals surface area contributed by atoms with Crippen molar-refractivity contribution in [3.05, 3.63) is 76.4 Å². The summed E-state index contributed by atoms with van der Waals surface area (Å²) in [6.45, 7) is 0.